The van der Waals surface area contributed by atoms with Gasteiger partial charge in [0.15, 0.2) is 0 Å². The van der Waals surface area contributed by atoms with Crippen molar-refractivity contribution in [3.63, 3.8) is 0 Å². The molecule has 44 heavy (non-hydrogen) atoms. The van der Waals surface area contributed by atoms with Gasteiger partial charge in [-0.05, 0) is 129 Å². The van der Waals surface area contributed by atoms with Gasteiger partial charge < -0.3 is 9.80 Å². The van der Waals surface area contributed by atoms with Crippen molar-refractivity contribution in [2.75, 3.05) is 0 Å². The zero-order valence-corrected chi connectivity index (χ0v) is 29.7. The van der Waals surface area contributed by atoms with Gasteiger partial charge in [0, 0.05) is 46.4 Å². The van der Waals surface area contributed by atoms with Crippen molar-refractivity contribution in [1.29, 1.82) is 0 Å². The molecule has 2 heteroatoms. The van der Waals surface area contributed by atoms with Crippen LogP contribution >= 0.6 is 0 Å². The fourth-order valence-electron chi connectivity index (χ4n) is 13.7. The summed E-state index contributed by atoms with van der Waals surface area (Å²) in [6.07, 6.45) is 38.3. The van der Waals surface area contributed by atoms with Gasteiger partial charge in [0.05, 0.1) is 0 Å². The summed E-state index contributed by atoms with van der Waals surface area (Å²) in [5.74, 6) is 1.89. The summed E-state index contributed by atoms with van der Waals surface area (Å²) in [5, 5.41) is 0. The number of nitrogens with zero attached hydrogens (tertiary/aromatic N) is 2. The zero-order chi connectivity index (χ0) is 30.3. The van der Waals surface area contributed by atoms with Gasteiger partial charge in [0.25, 0.3) is 0 Å². The van der Waals surface area contributed by atoms with E-state index in [1.165, 1.54) is 167 Å². The third kappa shape index (κ3) is 5.98. The molecule has 8 fully saturated rings. The monoisotopic (exact) mass is 603 g/mol. The molecule has 0 aromatic rings. The first-order chi connectivity index (χ1) is 21.4. The summed E-state index contributed by atoms with van der Waals surface area (Å²) in [7, 11) is 0. The molecule has 0 amide bonds. The first-order valence-corrected chi connectivity index (χ1v) is 20.3. The lowest BCUT2D eigenvalue weighted by Gasteiger charge is -2.67. The molecule has 2 nitrogen and oxygen atoms in total. The largest absolute Gasteiger partial charge is 0.368 e. The van der Waals surface area contributed by atoms with E-state index < -0.39 is 0 Å². The van der Waals surface area contributed by atoms with Crippen LogP contribution in [0.2, 0.25) is 0 Å². The Bertz CT molecular complexity index is 904. The lowest BCUT2D eigenvalue weighted by molar-refractivity contribution is -0.108. The molecule has 8 aliphatic rings. The summed E-state index contributed by atoms with van der Waals surface area (Å²) in [5.41, 5.74) is 8.09. The second-order valence-corrected chi connectivity index (χ2v) is 18.2. The number of allylic oxidation sites excluding steroid dienone is 4. The van der Waals surface area contributed by atoms with Crippen LogP contribution in [-0.2, 0) is 0 Å². The topological polar surface area (TPSA) is 6.48 Å². The minimum Gasteiger partial charge on any atom is -0.368 e. The smallest absolute Gasteiger partial charge is 0.0290 e. The minimum atomic E-state index is 0.420. The van der Waals surface area contributed by atoms with E-state index in [0.29, 0.717) is 10.8 Å². The Morgan fingerprint density at radius 3 is 0.932 bits per heavy atom. The van der Waals surface area contributed by atoms with Gasteiger partial charge in [-0.15, -0.1) is 0 Å². The van der Waals surface area contributed by atoms with Crippen LogP contribution in [0.4, 0.5) is 0 Å². The van der Waals surface area contributed by atoms with Gasteiger partial charge in [-0.1, -0.05) is 88.2 Å². The van der Waals surface area contributed by atoms with Crippen molar-refractivity contribution in [3.8, 4) is 0 Å². The van der Waals surface area contributed by atoms with E-state index in [4.69, 9.17) is 0 Å². The third-order valence-corrected chi connectivity index (χ3v) is 14.4. The maximum Gasteiger partial charge on any atom is 0.0290 e. The Labute approximate surface area is 273 Å². The SMILES string of the molecule is CC(C)=C(N(C1CCCCC1)C1CCCCC1)C12CC3CC(C1)CC(C(=C(C)C)N(C1CCCCC1)C1CCCCC1)(C3)C2. The maximum atomic E-state index is 3.23. The van der Waals surface area contributed by atoms with Crippen LogP contribution in [0.25, 0.3) is 0 Å². The van der Waals surface area contributed by atoms with Crippen molar-refractivity contribution in [3.05, 3.63) is 22.5 Å². The minimum absolute atomic E-state index is 0.420. The fourth-order valence-corrected chi connectivity index (χ4v) is 13.7. The molecule has 0 aromatic heterocycles. The first-order valence-electron chi connectivity index (χ1n) is 20.3. The summed E-state index contributed by atoms with van der Waals surface area (Å²) < 4.78 is 0. The summed E-state index contributed by atoms with van der Waals surface area (Å²) >= 11 is 0. The van der Waals surface area contributed by atoms with Crippen LogP contribution in [0.5, 0.6) is 0 Å². The first kappa shape index (κ1) is 31.7. The van der Waals surface area contributed by atoms with Crippen molar-refractivity contribution in [2.45, 2.75) is 219 Å². The van der Waals surface area contributed by atoms with E-state index in [1.54, 1.807) is 11.1 Å². The Balaban J connectivity index is 1.30. The molecule has 8 aliphatic carbocycles. The van der Waals surface area contributed by atoms with E-state index in [2.05, 4.69) is 37.5 Å². The van der Waals surface area contributed by atoms with E-state index in [1.807, 2.05) is 11.4 Å². The molecule has 0 aliphatic heterocycles. The van der Waals surface area contributed by atoms with Gasteiger partial charge in [-0.2, -0.15) is 0 Å². The highest BCUT2D eigenvalue weighted by Gasteiger charge is 2.62. The van der Waals surface area contributed by atoms with E-state index >= 15 is 0 Å². The van der Waals surface area contributed by atoms with E-state index in [9.17, 15) is 0 Å². The molecule has 0 saturated heterocycles. The Morgan fingerprint density at radius 2 is 0.682 bits per heavy atom. The van der Waals surface area contributed by atoms with Crippen LogP contribution in [-0.4, -0.2) is 34.0 Å². The Hall–Kier alpha value is -0.920. The normalized spacial score (nSPS) is 35.5. The van der Waals surface area contributed by atoms with Crippen molar-refractivity contribution in [1.82, 2.24) is 9.80 Å². The zero-order valence-electron chi connectivity index (χ0n) is 29.7. The Morgan fingerprint density at radius 1 is 0.409 bits per heavy atom. The Kier molecular flexibility index (Phi) is 9.57. The van der Waals surface area contributed by atoms with Crippen molar-refractivity contribution < 1.29 is 0 Å². The molecular weight excluding hydrogens is 532 g/mol. The van der Waals surface area contributed by atoms with Gasteiger partial charge in [-0.3, -0.25) is 0 Å². The fraction of sp³-hybridized carbons (Fsp3) is 0.905. The lowest BCUT2D eigenvalue weighted by Crippen LogP contribution is -2.60. The molecule has 0 unspecified atom stereocenters. The quantitative estimate of drug-likeness (QED) is 0.273. The molecule has 0 atom stereocenters. The summed E-state index contributed by atoms with van der Waals surface area (Å²) in [6, 6.07) is 3.24. The van der Waals surface area contributed by atoms with Crippen molar-refractivity contribution in [2.24, 2.45) is 22.7 Å². The second-order valence-electron chi connectivity index (χ2n) is 18.2. The molecule has 0 heterocycles. The number of rotatable bonds is 8. The molecule has 0 N–H and O–H groups in total. The molecule has 0 spiro atoms. The highest BCUT2D eigenvalue weighted by Crippen LogP contribution is 2.71. The van der Waals surface area contributed by atoms with Crippen LogP contribution in [0.15, 0.2) is 22.5 Å². The average molecular weight is 603 g/mol. The predicted octanol–water partition coefficient (Wildman–Crippen LogP) is 12.1. The average Bonchev–Trinajstić information content (AvgIpc) is 3.03. The molecule has 0 aromatic carbocycles. The second kappa shape index (κ2) is 13.3. The van der Waals surface area contributed by atoms with Crippen LogP contribution < -0.4 is 0 Å². The highest BCUT2D eigenvalue weighted by atomic mass is 15.2. The number of hydrogen-bond acceptors (Lipinski definition) is 2. The third-order valence-electron chi connectivity index (χ3n) is 14.4. The lowest BCUT2D eigenvalue weighted by atomic mass is 9.42. The van der Waals surface area contributed by atoms with Crippen molar-refractivity contribution >= 4 is 0 Å². The number of hydrogen-bond donors (Lipinski definition) is 0. The van der Waals surface area contributed by atoms with Crippen LogP contribution in [0.1, 0.15) is 195 Å². The molecular formula is C42H70N2. The molecule has 4 bridgehead atoms. The standard InChI is InChI=1S/C42H70N2/c1-31(2)39(43(35-17-9-5-10-18-35)36-19-11-6-12-20-36)41-26-33-25-34(27-41)29-42(28-33,30-41)40(32(3)4)44(37-21-13-7-14-22-37)38-23-15-8-16-24-38/h33-38H,5-30H2,1-4H3. The highest BCUT2D eigenvalue weighted by molar-refractivity contribution is 5.33. The van der Waals surface area contributed by atoms with Crippen LogP contribution in [0.3, 0.4) is 0 Å². The van der Waals surface area contributed by atoms with Gasteiger partial charge in [0.1, 0.15) is 0 Å². The van der Waals surface area contributed by atoms with E-state index in [-0.39, 0.29) is 0 Å². The molecule has 8 rings (SSSR count). The molecule has 248 valence electrons. The molecule has 0 radical (unpaired) electrons. The summed E-state index contributed by atoms with van der Waals surface area (Å²) in [6.45, 7) is 10.2. The summed E-state index contributed by atoms with van der Waals surface area (Å²) in [4.78, 5) is 6.47. The molecule has 8 saturated carbocycles. The van der Waals surface area contributed by atoms with Gasteiger partial charge in [-0.25, -0.2) is 0 Å². The van der Waals surface area contributed by atoms with Gasteiger partial charge >= 0.3 is 0 Å². The van der Waals surface area contributed by atoms with Crippen LogP contribution in [0, 0.1) is 22.7 Å². The maximum absolute atomic E-state index is 3.23. The predicted molar refractivity (Wildman–Crippen MR) is 187 cm³/mol. The van der Waals surface area contributed by atoms with Gasteiger partial charge in [0.2, 0.25) is 0 Å². The van der Waals surface area contributed by atoms with E-state index in [0.717, 1.165) is 36.0 Å².